The van der Waals surface area contributed by atoms with Crippen molar-refractivity contribution in [3.8, 4) is 23.0 Å². The van der Waals surface area contributed by atoms with Gasteiger partial charge >= 0.3 is 0 Å². The summed E-state index contributed by atoms with van der Waals surface area (Å²) in [5.41, 5.74) is 0. The fraction of sp³-hybridized carbons (Fsp3) is 0.400. The van der Waals surface area contributed by atoms with E-state index in [-0.39, 0.29) is 0 Å². The van der Waals surface area contributed by atoms with Crippen LogP contribution in [0.3, 0.4) is 0 Å². The van der Waals surface area contributed by atoms with Crippen molar-refractivity contribution in [2.24, 2.45) is 0 Å². The quantitative estimate of drug-likeness (QED) is 0.0587. The molecular formula is C40H52BO4-. The first-order valence-corrected chi connectivity index (χ1v) is 17.2. The van der Waals surface area contributed by atoms with E-state index in [1.165, 1.54) is 51.0 Å². The summed E-state index contributed by atoms with van der Waals surface area (Å²) in [5, 5.41) is 0. The second kappa shape index (κ2) is 21.0. The van der Waals surface area contributed by atoms with Crippen molar-refractivity contribution in [1.82, 2.24) is 0 Å². The lowest BCUT2D eigenvalue weighted by Crippen LogP contribution is -2.34. The van der Waals surface area contributed by atoms with Gasteiger partial charge in [0.25, 0.3) is 0 Å². The van der Waals surface area contributed by atoms with E-state index < -0.39 is 6.15 Å². The van der Waals surface area contributed by atoms with Crippen molar-refractivity contribution in [2.45, 2.75) is 76.6 Å². The summed E-state index contributed by atoms with van der Waals surface area (Å²) in [7, 11) is 0. The first-order valence-electron chi connectivity index (χ1n) is 17.2. The fourth-order valence-corrected chi connectivity index (χ4v) is 6.41. The number of para-hydroxylation sites is 4. The molecule has 0 radical (unpaired) electrons. The number of ether oxygens (including phenoxy) is 4. The van der Waals surface area contributed by atoms with Crippen molar-refractivity contribution < 1.29 is 18.9 Å². The van der Waals surface area contributed by atoms with Crippen LogP contribution in [0.1, 0.15) is 51.4 Å². The molecular weight excluding hydrogens is 555 g/mol. The highest BCUT2D eigenvalue weighted by Crippen LogP contribution is 2.34. The molecule has 0 fully saturated rings. The van der Waals surface area contributed by atoms with Crippen molar-refractivity contribution in [2.75, 3.05) is 26.4 Å². The number of hydrogen-bond donors (Lipinski definition) is 0. The van der Waals surface area contributed by atoms with Gasteiger partial charge in [-0.2, -0.15) is 25.3 Å². The van der Waals surface area contributed by atoms with Crippen molar-refractivity contribution in [3.63, 3.8) is 0 Å². The highest BCUT2D eigenvalue weighted by molar-refractivity contribution is 6.79. The summed E-state index contributed by atoms with van der Waals surface area (Å²) in [6, 6.07) is 40.8. The van der Waals surface area contributed by atoms with Crippen LogP contribution in [0.5, 0.6) is 23.0 Å². The minimum atomic E-state index is -0.523. The molecule has 0 atom stereocenters. The van der Waals surface area contributed by atoms with Gasteiger partial charge in [0.15, 0.2) is 0 Å². The van der Waals surface area contributed by atoms with Gasteiger partial charge in [0, 0.05) is 6.15 Å². The van der Waals surface area contributed by atoms with Gasteiger partial charge in [-0.15, -0.1) is 0 Å². The maximum atomic E-state index is 6.04. The number of benzene rings is 4. The van der Waals surface area contributed by atoms with Gasteiger partial charge in [-0.25, -0.2) is 0 Å². The minimum Gasteiger partial charge on any atom is -0.494 e. The Morgan fingerprint density at radius 2 is 0.511 bits per heavy atom. The SMILES string of the molecule is c1ccc(OCCCC[B-](CCCCOc2ccccc2)(CCCCOc2ccccc2)CCCCOc2ccccc2)cc1. The minimum absolute atomic E-state index is 0.523. The average Bonchev–Trinajstić information content (AvgIpc) is 3.09. The molecule has 0 saturated carbocycles. The molecule has 0 aliphatic carbocycles. The number of unbranched alkanes of at least 4 members (excludes halogenated alkanes) is 4. The third-order valence-electron chi connectivity index (χ3n) is 8.89. The first kappa shape index (κ1) is 34.0. The van der Waals surface area contributed by atoms with Crippen LogP contribution in [-0.2, 0) is 0 Å². The molecule has 5 heteroatoms. The van der Waals surface area contributed by atoms with E-state index in [4.69, 9.17) is 18.9 Å². The van der Waals surface area contributed by atoms with Crippen LogP contribution >= 0.6 is 0 Å². The number of hydrogen-bond acceptors (Lipinski definition) is 4. The van der Waals surface area contributed by atoms with Crippen LogP contribution in [0.25, 0.3) is 0 Å². The topological polar surface area (TPSA) is 36.9 Å². The summed E-state index contributed by atoms with van der Waals surface area (Å²) in [4.78, 5) is 0. The Labute approximate surface area is 272 Å². The third kappa shape index (κ3) is 14.2. The zero-order valence-corrected chi connectivity index (χ0v) is 27.1. The fourth-order valence-electron chi connectivity index (χ4n) is 6.41. The lowest BCUT2D eigenvalue weighted by molar-refractivity contribution is 0.306. The highest BCUT2D eigenvalue weighted by Gasteiger charge is 2.23. The van der Waals surface area contributed by atoms with Crippen LogP contribution in [-0.4, -0.2) is 32.6 Å². The summed E-state index contributed by atoms with van der Waals surface area (Å²) in [5.74, 6) is 3.85. The second-order valence-corrected chi connectivity index (χ2v) is 12.4. The second-order valence-electron chi connectivity index (χ2n) is 12.4. The van der Waals surface area contributed by atoms with Gasteiger partial charge in [0.2, 0.25) is 0 Å². The molecule has 0 spiro atoms. The predicted octanol–water partition coefficient (Wildman–Crippen LogP) is 10.9. The molecule has 240 valence electrons. The van der Waals surface area contributed by atoms with E-state index in [2.05, 4.69) is 0 Å². The van der Waals surface area contributed by atoms with E-state index >= 15 is 0 Å². The predicted molar refractivity (Wildman–Crippen MR) is 190 cm³/mol. The maximum absolute atomic E-state index is 6.04. The number of rotatable bonds is 24. The summed E-state index contributed by atoms with van der Waals surface area (Å²) in [6.45, 7) is 3.10. The summed E-state index contributed by atoms with van der Waals surface area (Å²) >= 11 is 0. The molecule has 45 heavy (non-hydrogen) atoms. The molecule has 0 unspecified atom stereocenters. The molecule has 4 nitrogen and oxygen atoms in total. The Morgan fingerprint density at radius 1 is 0.289 bits per heavy atom. The summed E-state index contributed by atoms with van der Waals surface area (Å²) < 4.78 is 24.2. The molecule has 0 heterocycles. The van der Waals surface area contributed by atoms with E-state index in [0.29, 0.717) is 0 Å². The lowest BCUT2D eigenvalue weighted by Gasteiger charge is -2.40. The average molecular weight is 608 g/mol. The molecule has 0 N–H and O–H groups in total. The standard InChI is InChI=1S/C40H52BO4/c1-5-21-37(22-6-1)42-33-17-13-29-41(30-14-18-34-43-38-23-7-2-8-24-38,31-15-19-35-44-39-25-9-3-10-26-39)32-16-20-36-45-40-27-11-4-12-28-40/h1-12,21-28H,13-20,29-36H2/q-1. The van der Waals surface area contributed by atoms with Gasteiger partial charge in [0.1, 0.15) is 23.0 Å². The Balaban J connectivity index is 1.30. The molecule has 0 aliphatic heterocycles. The van der Waals surface area contributed by atoms with Gasteiger partial charge in [-0.05, 0) is 74.2 Å². The van der Waals surface area contributed by atoms with Crippen LogP contribution in [0.4, 0.5) is 0 Å². The van der Waals surface area contributed by atoms with E-state index in [9.17, 15) is 0 Å². The maximum Gasteiger partial charge on any atom is 0.119 e. The molecule has 4 aromatic carbocycles. The smallest absolute Gasteiger partial charge is 0.119 e. The van der Waals surface area contributed by atoms with Gasteiger partial charge < -0.3 is 18.9 Å². The Bertz CT molecular complexity index is 1050. The van der Waals surface area contributed by atoms with Gasteiger partial charge in [-0.1, -0.05) is 98.5 Å². The van der Waals surface area contributed by atoms with E-state index in [1.54, 1.807) is 0 Å². The zero-order valence-electron chi connectivity index (χ0n) is 27.1. The monoisotopic (exact) mass is 607 g/mol. The van der Waals surface area contributed by atoms with Crippen molar-refractivity contribution in [3.05, 3.63) is 121 Å². The molecule has 0 amide bonds. The largest absolute Gasteiger partial charge is 0.494 e. The molecule has 0 aromatic heterocycles. The molecule has 4 rings (SSSR count). The van der Waals surface area contributed by atoms with Crippen LogP contribution in [0.15, 0.2) is 121 Å². The van der Waals surface area contributed by atoms with Gasteiger partial charge in [-0.3, -0.25) is 0 Å². The Hall–Kier alpha value is -3.86. The van der Waals surface area contributed by atoms with E-state index in [0.717, 1.165) is 75.1 Å². The lowest BCUT2D eigenvalue weighted by atomic mass is 9.17. The molecule has 0 aliphatic rings. The molecule has 0 saturated heterocycles. The summed E-state index contributed by atoms with van der Waals surface area (Å²) in [6.07, 6.45) is 13.8. The molecule has 0 bridgehead atoms. The third-order valence-corrected chi connectivity index (χ3v) is 8.89. The van der Waals surface area contributed by atoms with Gasteiger partial charge in [0.05, 0.1) is 26.4 Å². The Kier molecular flexibility index (Phi) is 15.9. The molecule has 4 aromatic rings. The first-order chi connectivity index (χ1) is 22.3. The highest BCUT2D eigenvalue weighted by atomic mass is 16.5. The van der Waals surface area contributed by atoms with Crippen molar-refractivity contribution >= 4 is 6.15 Å². The normalized spacial score (nSPS) is 11.2. The van der Waals surface area contributed by atoms with Crippen LogP contribution in [0.2, 0.25) is 25.3 Å². The van der Waals surface area contributed by atoms with Crippen molar-refractivity contribution in [1.29, 1.82) is 0 Å². The van der Waals surface area contributed by atoms with E-state index in [1.807, 2.05) is 121 Å². The zero-order chi connectivity index (χ0) is 31.1. The Morgan fingerprint density at radius 3 is 0.733 bits per heavy atom. The van der Waals surface area contributed by atoms with Crippen LogP contribution < -0.4 is 18.9 Å². The van der Waals surface area contributed by atoms with Crippen LogP contribution in [0, 0.1) is 0 Å².